The van der Waals surface area contributed by atoms with Crippen LogP contribution in [0.4, 0.5) is 5.69 Å². The van der Waals surface area contributed by atoms with Gasteiger partial charge in [0.15, 0.2) is 0 Å². The van der Waals surface area contributed by atoms with E-state index in [9.17, 15) is 14.7 Å². The Morgan fingerprint density at radius 1 is 1.00 bits per heavy atom. The fraction of sp³-hybridized carbons (Fsp3) is 0.160. The summed E-state index contributed by atoms with van der Waals surface area (Å²) in [6.07, 6.45) is 3.20. The van der Waals surface area contributed by atoms with Crippen LogP contribution in [0.25, 0.3) is 5.76 Å². The van der Waals surface area contributed by atoms with E-state index in [1.807, 2.05) is 19.9 Å². The Kier molecular flexibility index (Phi) is 5.29. The van der Waals surface area contributed by atoms with Crippen molar-refractivity contribution in [2.75, 3.05) is 12.0 Å². The number of aromatic nitrogens is 1. The van der Waals surface area contributed by atoms with E-state index in [0.717, 1.165) is 11.1 Å². The predicted molar refractivity (Wildman–Crippen MR) is 118 cm³/mol. The number of nitrogens with zero attached hydrogens (tertiary/aromatic N) is 2. The first kappa shape index (κ1) is 20.3. The molecule has 0 spiro atoms. The molecule has 31 heavy (non-hydrogen) atoms. The summed E-state index contributed by atoms with van der Waals surface area (Å²) in [5, 5.41) is 11.3. The quantitative estimate of drug-likeness (QED) is 0.390. The molecule has 156 valence electrons. The van der Waals surface area contributed by atoms with Crippen LogP contribution < -0.4 is 9.64 Å². The van der Waals surface area contributed by atoms with E-state index < -0.39 is 17.7 Å². The van der Waals surface area contributed by atoms with Crippen LogP contribution in [0, 0.1) is 13.8 Å². The van der Waals surface area contributed by atoms with Gasteiger partial charge in [-0.2, -0.15) is 0 Å². The third kappa shape index (κ3) is 3.46. The van der Waals surface area contributed by atoms with Crippen LogP contribution in [-0.4, -0.2) is 28.9 Å². The lowest BCUT2D eigenvalue weighted by Gasteiger charge is -2.25. The zero-order valence-electron chi connectivity index (χ0n) is 17.5. The molecule has 1 saturated heterocycles. The van der Waals surface area contributed by atoms with Gasteiger partial charge in [0.25, 0.3) is 11.7 Å². The van der Waals surface area contributed by atoms with E-state index in [4.69, 9.17) is 4.74 Å². The lowest BCUT2D eigenvalue weighted by atomic mass is 9.93. The SMILES string of the molecule is COc1cc(C)c(/C(O)=C2\C(=O)C(=O)N(c3ccccc3)C2c2ccncc2)cc1C. The third-order valence-corrected chi connectivity index (χ3v) is 5.50. The van der Waals surface area contributed by atoms with Gasteiger partial charge in [-0.05, 0) is 66.9 Å². The maximum atomic E-state index is 13.2. The Bertz CT molecular complexity index is 1190. The minimum atomic E-state index is -0.771. The van der Waals surface area contributed by atoms with Crippen LogP contribution in [0.15, 0.2) is 72.6 Å². The monoisotopic (exact) mass is 414 g/mol. The summed E-state index contributed by atoms with van der Waals surface area (Å²) in [5.41, 5.74) is 3.35. The number of ketones is 1. The van der Waals surface area contributed by atoms with Gasteiger partial charge in [-0.1, -0.05) is 18.2 Å². The van der Waals surface area contributed by atoms with Crippen molar-refractivity contribution in [3.05, 3.63) is 94.8 Å². The summed E-state index contributed by atoms with van der Waals surface area (Å²) in [6.45, 7) is 3.68. The van der Waals surface area contributed by atoms with Crippen molar-refractivity contribution in [2.45, 2.75) is 19.9 Å². The third-order valence-electron chi connectivity index (χ3n) is 5.50. The molecule has 1 aliphatic heterocycles. The molecule has 1 atom stereocenters. The number of carbonyl (C=O) groups excluding carboxylic acids is 2. The number of aliphatic hydroxyl groups excluding tert-OH is 1. The number of para-hydroxylation sites is 1. The highest BCUT2D eigenvalue weighted by Crippen LogP contribution is 2.42. The topological polar surface area (TPSA) is 79.7 Å². The van der Waals surface area contributed by atoms with Gasteiger partial charge in [-0.25, -0.2) is 0 Å². The van der Waals surface area contributed by atoms with Crippen LogP contribution >= 0.6 is 0 Å². The average Bonchev–Trinajstić information content (AvgIpc) is 3.06. The van der Waals surface area contributed by atoms with E-state index in [0.29, 0.717) is 22.6 Å². The van der Waals surface area contributed by atoms with Crippen LogP contribution in [0.1, 0.15) is 28.3 Å². The average molecular weight is 414 g/mol. The molecular weight excluding hydrogens is 392 g/mol. The van der Waals surface area contributed by atoms with E-state index in [-0.39, 0.29) is 11.3 Å². The second-order valence-electron chi connectivity index (χ2n) is 7.42. The predicted octanol–water partition coefficient (Wildman–Crippen LogP) is 4.33. The number of anilines is 1. The van der Waals surface area contributed by atoms with Gasteiger partial charge < -0.3 is 9.84 Å². The van der Waals surface area contributed by atoms with Gasteiger partial charge in [-0.3, -0.25) is 19.5 Å². The lowest BCUT2D eigenvalue weighted by molar-refractivity contribution is -0.132. The Morgan fingerprint density at radius 2 is 1.68 bits per heavy atom. The van der Waals surface area contributed by atoms with Crippen molar-refractivity contribution in [3.63, 3.8) is 0 Å². The molecule has 6 heteroatoms. The molecule has 0 radical (unpaired) electrons. The number of methoxy groups -OCH3 is 1. The summed E-state index contributed by atoms with van der Waals surface area (Å²) in [4.78, 5) is 31.7. The van der Waals surface area contributed by atoms with E-state index in [1.165, 1.54) is 4.90 Å². The fourth-order valence-corrected chi connectivity index (χ4v) is 3.96. The van der Waals surface area contributed by atoms with Gasteiger partial charge in [0.05, 0.1) is 18.7 Å². The van der Waals surface area contributed by atoms with Gasteiger partial charge in [0, 0.05) is 23.6 Å². The maximum Gasteiger partial charge on any atom is 0.300 e. The van der Waals surface area contributed by atoms with E-state index >= 15 is 0 Å². The number of pyridine rings is 1. The molecule has 0 bridgehead atoms. The molecule has 1 N–H and O–H groups in total. The summed E-state index contributed by atoms with van der Waals surface area (Å²) in [7, 11) is 1.58. The summed E-state index contributed by atoms with van der Waals surface area (Å²) < 4.78 is 5.36. The largest absolute Gasteiger partial charge is 0.507 e. The summed E-state index contributed by atoms with van der Waals surface area (Å²) in [5.74, 6) is -0.931. The lowest BCUT2D eigenvalue weighted by Crippen LogP contribution is -2.29. The van der Waals surface area contributed by atoms with Crippen molar-refractivity contribution in [1.82, 2.24) is 4.98 Å². The highest BCUT2D eigenvalue weighted by atomic mass is 16.5. The zero-order chi connectivity index (χ0) is 22.1. The summed E-state index contributed by atoms with van der Waals surface area (Å²) in [6, 6.07) is 15.3. The Labute approximate surface area is 180 Å². The summed E-state index contributed by atoms with van der Waals surface area (Å²) >= 11 is 0. The molecule has 1 unspecified atom stereocenters. The smallest absolute Gasteiger partial charge is 0.300 e. The second kappa shape index (κ2) is 8.07. The van der Waals surface area contributed by atoms with E-state index in [1.54, 1.807) is 68.0 Å². The number of ether oxygens (including phenoxy) is 1. The van der Waals surface area contributed by atoms with Crippen molar-refractivity contribution >= 4 is 23.1 Å². The first-order valence-electron chi connectivity index (χ1n) is 9.85. The van der Waals surface area contributed by atoms with Crippen LogP contribution in [-0.2, 0) is 9.59 Å². The number of carbonyl (C=O) groups is 2. The Balaban J connectivity index is 1.96. The van der Waals surface area contributed by atoms with Crippen molar-refractivity contribution in [1.29, 1.82) is 0 Å². The zero-order valence-corrected chi connectivity index (χ0v) is 17.5. The highest BCUT2D eigenvalue weighted by Gasteiger charge is 2.47. The van der Waals surface area contributed by atoms with E-state index in [2.05, 4.69) is 4.98 Å². The number of amides is 1. The number of aryl methyl sites for hydroxylation is 2. The normalized spacial score (nSPS) is 17.8. The van der Waals surface area contributed by atoms with Gasteiger partial charge in [0.2, 0.25) is 0 Å². The molecule has 1 amide bonds. The van der Waals surface area contributed by atoms with Gasteiger partial charge in [0.1, 0.15) is 11.5 Å². The Hall–Kier alpha value is -3.93. The highest BCUT2D eigenvalue weighted by molar-refractivity contribution is 6.51. The van der Waals surface area contributed by atoms with Crippen LogP contribution in [0.5, 0.6) is 5.75 Å². The van der Waals surface area contributed by atoms with Crippen molar-refractivity contribution in [3.8, 4) is 5.75 Å². The van der Waals surface area contributed by atoms with Crippen molar-refractivity contribution < 1.29 is 19.4 Å². The molecule has 1 aromatic heterocycles. The molecule has 1 fully saturated rings. The molecule has 1 aliphatic rings. The molecule has 2 aromatic carbocycles. The molecule has 0 aliphatic carbocycles. The molecule has 2 heterocycles. The van der Waals surface area contributed by atoms with Gasteiger partial charge >= 0.3 is 0 Å². The molecule has 4 rings (SSSR count). The first-order valence-corrected chi connectivity index (χ1v) is 9.85. The second-order valence-corrected chi connectivity index (χ2v) is 7.42. The number of hydrogen-bond acceptors (Lipinski definition) is 5. The number of benzene rings is 2. The molecular formula is C25H22N2O4. The number of aliphatic hydroxyl groups is 1. The Morgan fingerprint density at radius 3 is 2.32 bits per heavy atom. The molecule has 0 saturated carbocycles. The van der Waals surface area contributed by atoms with Gasteiger partial charge in [-0.15, -0.1) is 0 Å². The number of Topliss-reactive ketones (excluding diaryl/α,β-unsaturated/α-hetero) is 1. The maximum absolute atomic E-state index is 13.2. The van der Waals surface area contributed by atoms with Crippen LogP contribution in [0.3, 0.4) is 0 Å². The minimum Gasteiger partial charge on any atom is -0.507 e. The van der Waals surface area contributed by atoms with Crippen molar-refractivity contribution in [2.24, 2.45) is 0 Å². The number of rotatable bonds is 4. The fourth-order valence-electron chi connectivity index (χ4n) is 3.96. The molecule has 6 nitrogen and oxygen atoms in total. The molecule has 3 aromatic rings. The number of hydrogen-bond donors (Lipinski definition) is 1. The minimum absolute atomic E-state index is 0.0488. The standard InChI is InChI=1S/C25H22N2O4/c1-15-14-20(31-3)16(2)13-19(15)23(28)21-22(17-9-11-26-12-10-17)27(25(30)24(21)29)18-7-5-4-6-8-18/h4-14,22,28H,1-3H3/b23-21+. The first-order chi connectivity index (χ1) is 14.9. The van der Waals surface area contributed by atoms with Crippen LogP contribution in [0.2, 0.25) is 0 Å².